The molecule has 0 fully saturated rings. The number of hydrogen-bond donors (Lipinski definition) is 0. The van der Waals surface area contributed by atoms with Crippen LogP contribution < -0.4 is 0 Å². The molecular formula is C93H187O46. The van der Waals surface area contributed by atoms with Crippen molar-refractivity contribution < 1.29 is 218 Å². The van der Waals surface area contributed by atoms with Crippen molar-refractivity contribution in [2.45, 2.75) is 0 Å². The predicted molar refractivity (Wildman–Crippen MR) is 504 cm³/mol. The molecule has 0 aromatic heterocycles. The monoisotopic (exact) mass is 2040 g/mol. The third-order valence-electron chi connectivity index (χ3n) is 16.9. The lowest BCUT2D eigenvalue weighted by molar-refractivity contribution is -0.0329. The summed E-state index contributed by atoms with van der Waals surface area (Å²) < 4.78 is 253. The third kappa shape index (κ3) is 136. The van der Waals surface area contributed by atoms with Crippen LogP contribution in [-0.4, -0.2) is 608 Å². The minimum Gasteiger partial charge on any atom is -0.382 e. The molecule has 0 bridgehead atoms. The van der Waals surface area contributed by atoms with Gasteiger partial charge < -0.3 is 218 Å². The number of methoxy groups -OCH3 is 1. The average molecular weight is 2040 g/mol. The summed E-state index contributed by atoms with van der Waals surface area (Å²) in [6.45, 7) is 47.9. The van der Waals surface area contributed by atoms with E-state index in [0.717, 1.165) is 0 Å². The van der Waals surface area contributed by atoms with Gasteiger partial charge in [0.05, 0.1) is 595 Å². The van der Waals surface area contributed by atoms with Crippen LogP contribution in [0.1, 0.15) is 0 Å². The van der Waals surface area contributed by atoms with E-state index >= 15 is 0 Å². The molecule has 0 atom stereocenters. The summed E-state index contributed by atoms with van der Waals surface area (Å²) >= 11 is 0. The zero-order valence-corrected chi connectivity index (χ0v) is 84.8. The predicted octanol–water partition coefficient (Wildman–Crippen LogP) is 1.21. The van der Waals surface area contributed by atoms with E-state index in [0.29, 0.717) is 601 Å². The first-order valence-corrected chi connectivity index (χ1v) is 49.7. The van der Waals surface area contributed by atoms with Gasteiger partial charge >= 0.3 is 0 Å². The van der Waals surface area contributed by atoms with Crippen LogP contribution in [0.25, 0.3) is 0 Å². The molecule has 1 radical (unpaired) electrons. The maximum atomic E-state index is 5.55. The summed E-state index contributed by atoms with van der Waals surface area (Å²) in [5.41, 5.74) is 0. The number of ether oxygens (including phenoxy) is 46. The largest absolute Gasteiger partial charge is 0.382 e. The molecule has 0 amide bonds. The van der Waals surface area contributed by atoms with Crippen LogP contribution in [0.2, 0.25) is 0 Å². The van der Waals surface area contributed by atoms with E-state index in [9.17, 15) is 0 Å². The van der Waals surface area contributed by atoms with E-state index in [4.69, 9.17) is 218 Å². The fourth-order valence-electron chi connectivity index (χ4n) is 9.92. The highest BCUT2D eigenvalue weighted by Crippen LogP contribution is 1.97. The van der Waals surface area contributed by atoms with Crippen molar-refractivity contribution in [3.63, 3.8) is 0 Å². The molecule has 0 heterocycles. The topological polar surface area (TPSA) is 425 Å². The van der Waals surface area contributed by atoms with Gasteiger partial charge in [-0.15, -0.1) is 0 Å². The van der Waals surface area contributed by atoms with Gasteiger partial charge in [-0.1, -0.05) is 0 Å². The van der Waals surface area contributed by atoms with Gasteiger partial charge in [-0.3, -0.25) is 0 Å². The molecule has 0 spiro atoms. The van der Waals surface area contributed by atoms with E-state index in [1.807, 2.05) is 0 Å². The molecule has 139 heavy (non-hydrogen) atoms. The van der Waals surface area contributed by atoms with Gasteiger partial charge in [0.25, 0.3) is 0 Å². The first kappa shape index (κ1) is 137. The first-order chi connectivity index (χ1) is 69.4. The second kappa shape index (κ2) is 136. The Morgan fingerprint density at radius 1 is 0.0719 bits per heavy atom. The second-order valence-corrected chi connectivity index (χ2v) is 28.0. The average Bonchev–Trinajstić information content (AvgIpc) is 1.10. The normalized spacial score (nSPS) is 11.9. The lowest BCUT2D eigenvalue weighted by atomic mass is 10.6. The van der Waals surface area contributed by atoms with Crippen molar-refractivity contribution in [2.24, 2.45) is 0 Å². The minimum atomic E-state index is 0.449. The van der Waals surface area contributed by atoms with Crippen LogP contribution in [0.15, 0.2) is 0 Å². The quantitative estimate of drug-likeness (QED) is 0.0772. The Bertz CT molecular complexity index is 1770. The van der Waals surface area contributed by atoms with Gasteiger partial charge in [-0.2, -0.15) is 0 Å². The highest BCUT2D eigenvalue weighted by Gasteiger charge is 2.07. The Kier molecular flexibility index (Phi) is 134. The highest BCUT2D eigenvalue weighted by atomic mass is 16.7. The van der Waals surface area contributed by atoms with Gasteiger partial charge in [-0.25, -0.2) is 0 Å². The summed E-state index contributed by atoms with van der Waals surface area (Å²) in [6.07, 6.45) is 0. The zero-order valence-electron chi connectivity index (χ0n) is 84.8. The molecule has 0 aliphatic heterocycles. The summed E-state index contributed by atoms with van der Waals surface area (Å²) in [6, 6.07) is 0. The lowest BCUT2D eigenvalue weighted by Crippen LogP contribution is -2.16. The summed E-state index contributed by atoms with van der Waals surface area (Å²) in [7, 11) is 1.64. The highest BCUT2D eigenvalue weighted by molar-refractivity contribution is 4.49. The van der Waals surface area contributed by atoms with E-state index in [-0.39, 0.29) is 0 Å². The third-order valence-corrected chi connectivity index (χ3v) is 16.9. The van der Waals surface area contributed by atoms with Crippen LogP contribution in [0.3, 0.4) is 0 Å². The van der Waals surface area contributed by atoms with Crippen molar-refractivity contribution >= 4 is 0 Å². The molecule has 0 saturated carbocycles. The lowest BCUT2D eigenvalue weighted by Gasteiger charge is -2.09. The molecular weight excluding hydrogens is 1850 g/mol. The Hall–Kier alpha value is -1.84. The molecule has 835 valence electrons. The molecule has 0 aromatic rings. The molecule has 0 rings (SSSR count). The number of rotatable bonds is 136. The molecule has 0 unspecified atom stereocenters. The van der Waals surface area contributed by atoms with Crippen LogP contribution in [0.4, 0.5) is 0 Å². The Morgan fingerprint density at radius 2 is 0.115 bits per heavy atom. The van der Waals surface area contributed by atoms with Crippen LogP contribution in [0, 0.1) is 6.92 Å². The van der Waals surface area contributed by atoms with Gasteiger partial charge in [-0.05, 0) is 6.92 Å². The van der Waals surface area contributed by atoms with Crippen LogP contribution in [-0.2, 0) is 218 Å². The van der Waals surface area contributed by atoms with Gasteiger partial charge in [0, 0.05) is 13.7 Å². The minimum absolute atomic E-state index is 0.449. The number of hydrogen-bond acceptors (Lipinski definition) is 46. The first-order valence-electron chi connectivity index (χ1n) is 49.7. The fraction of sp³-hybridized carbons (Fsp3) is 0.989. The summed E-state index contributed by atoms with van der Waals surface area (Å²) in [4.78, 5) is 0. The Balaban J connectivity index is 3.10. The molecule has 0 saturated heterocycles. The van der Waals surface area contributed by atoms with E-state index in [1.165, 1.54) is 0 Å². The maximum absolute atomic E-state index is 5.55. The van der Waals surface area contributed by atoms with Crippen molar-refractivity contribution in [3.8, 4) is 0 Å². The molecule has 0 N–H and O–H groups in total. The van der Waals surface area contributed by atoms with Crippen LogP contribution in [0.5, 0.6) is 0 Å². The van der Waals surface area contributed by atoms with Crippen molar-refractivity contribution in [1.82, 2.24) is 0 Å². The van der Waals surface area contributed by atoms with Crippen LogP contribution >= 0.6 is 0 Å². The molecule has 0 aromatic carbocycles. The summed E-state index contributed by atoms with van der Waals surface area (Å²) in [5, 5.41) is 0. The zero-order chi connectivity index (χ0) is 98.9. The molecule has 0 aliphatic rings. The van der Waals surface area contributed by atoms with E-state index < -0.39 is 0 Å². The molecule has 0 aliphatic carbocycles. The summed E-state index contributed by atoms with van der Waals surface area (Å²) in [5.74, 6) is 0. The molecule has 46 nitrogen and oxygen atoms in total. The molecule has 46 heteroatoms. The maximum Gasteiger partial charge on any atom is 0.0701 e. The van der Waals surface area contributed by atoms with Gasteiger partial charge in [0.15, 0.2) is 0 Å². The standard InChI is InChI=1S/C93H187O46/c1-3-95-6-7-97-10-11-99-14-15-101-18-19-103-22-23-105-26-27-107-30-31-109-34-35-111-38-39-113-42-43-115-46-47-117-50-51-119-54-55-121-58-59-123-62-63-125-66-67-127-70-71-129-74-75-131-78-79-133-82-83-135-86-87-137-90-91-139-93-92-138-89-88-136-85-84-134-81-80-132-77-76-130-73-72-128-69-68-126-65-64-124-61-60-122-57-56-120-53-52-118-49-48-116-45-44-114-41-40-112-37-36-110-33-32-108-29-28-106-25-24-104-21-20-102-17-16-100-13-12-98-9-8-96-5-4-94-2/h1,3-93H2,2H3. The smallest absolute Gasteiger partial charge is 0.0701 e. The van der Waals surface area contributed by atoms with E-state index in [2.05, 4.69) is 6.92 Å². The second-order valence-electron chi connectivity index (χ2n) is 28.0. The van der Waals surface area contributed by atoms with E-state index in [1.54, 1.807) is 7.11 Å². The van der Waals surface area contributed by atoms with Gasteiger partial charge in [0.2, 0.25) is 0 Å². The Labute approximate surface area is 830 Å². The Morgan fingerprint density at radius 3 is 0.158 bits per heavy atom. The van der Waals surface area contributed by atoms with Crippen molar-refractivity contribution in [3.05, 3.63) is 6.92 Å². The van der Waals surface area contributed by atoms with Crippen molar-refractivity contribution in [2.75, 3.05) is 608 Å². The SMILES string of the molecule is [CH2]COCCOCCOCCOCCOCCOCCOCCOCCOCCOCCOCCOCCOCCOCCOCCOCCOCCOCCOCCOCCOCCOCCOCCOCCOCCOCCOCCOCCOCCOCCOCCOCCOCCOCCOCCOCCOCCOCCOCCOCCOCCOCCOCCOCCOCCOC. The fourth-order valence-corrected chi connectivity index (χ4v) is 9.92. The van der Waals surface area contributed by atoms with Gasteiger partial charge in [0.1, 0.15) is 0 Å². The van der Waals surface area contributed by atoms with Crippen molar-refractivity contribution in [1.29, 1.82) is 0 Å².